The molecule has 96 valence electrons. The van der Waals surface area contributed by atoms with Crippen LogP contribution in [0.3, 0.4) is 0 Å². The van der Waals surface area contributed by atoms with Crippen molar-refractivity contribution in [3.8, 4) is 0 Å². The molecule has 2 rings (SSSR count). The maximum absolute atomic E-state index is 5.88. The lowest BCUT2D eigenvalue weighted by Gasteiger charge is -2.28. The summed E-state index contributed by atoms with van der Waals surface area (Å²) in [7, 11) is 1.97. The first-order valence-electron chi connectivity index (χ1n) is 6.71. The van der Waals surface area contributed by atoms with Gasteiger partial charge in [0.05, 0.1) is 6.20 Å². The quantitative estimate of drug-likeness (QED) is 0.853. The van der Waals surface area contributed by atoms with Crippen LogP contribution < -0.4 is 5.73 Å². The summed E-state index contributed by atoms with van der Waals surface area (Å²) < 4.78 is 1.87. The van der Waals surface area contributed by atoms with Crippen LogP contribution in [0.15, 0.2) is 12.4 Å². The summed E-state index contributed by atoms with van der Waals surface area (Å²) in [4.78, 5) is 2.57. The van der Waals surface area contributed by atoms with Crippen molar-refractivity contribution in [3.63, 3.8) is 0 Å². The maximum atomic E-state index is 5.88. The third kappa shape index (κ3) is 3.54. The Bertz CT molecular complexity index is 334. The summed E-state index contributed by atoms with van der Waals surface area (Å²) in [5.41, 5.74) is 7.20. The van der Waals surface area contributed by atoms with Crippen molar-refractivity contribution >= 4 is 0 Å². The van der Waals surface area contributed by atoms with Crippen LogP contribution in [0.25, 0.3) is 0 Å². The van der Waals surface area contributed by atoms with Gasteiger partial charge in [-0.25, -0.2) is 0 Å². The van der Waals surface area contributed by atoms with Crippen LogP contribution in [-0.2, 0) is 13.5 Å². The lowest BCUT2D eigenvalue weighted by atomic mass is 10.1. The predicted octanol–water partition coefficient (Wildman–Crippen LogP) is 1.17. The van der Waals surface area contributed by atoms with E-state index in [0.29, 0.717) is 6.04 Å². The molecule has 1 aliphatic heterocycles. The normalized spacial score (nSPS) is 22.6. The van der Waals surface area contributed by atoms with Gasteiger partial charge in [-0.2, -0.15) is 5.10 Å². The van der Waals surface area contributed by atoms with E-state index in [-0.39, 0.29) is 0 Å². The molecule has 0 spiro atoms. The van der Waals surface area contributed by atoms with Crippen LogP contribution in [0.5, 0.6) is 0 Å². The van der Waals surface area contributed by atoms with E-state index in [1.54, 1.807) is 0 Å². The Morgan fingerprint density at radius 3 is 3.00 bits per heavy atom. The van der Waals surface area contributed by atoms with Crippen LogP contribution in [0.1, 0.15) is 31.2 Å². The molecule has 0 bridgehead atoms. The number of nitrogens with two attached hydrogens (primary N) is 1. The largest absolute Gasteiger partial charge is 0.329 e. The number of rotatable bonds is 4. The highest BCUT2D eigenvalue weighted by molar-refractivity contribution is 5.04. The van der Waals surface area contributed by atoms with Gasteiger partial charge in [-0.3, -0.25) is 9.58 Å². The zero-order valence-corrected chi connectivity index (χ0v) is 10.8. The lowest BCUT2D eigenvalue weighted by molar-refractivity contribution is 0.207. The Kier molecular flexibility index (Phi) is 4.57. The third-order valence-corrected chi connectivity index (χ3v) is 3.72. The van der Waals surface area contributed by atoms with E-state index in [1.165, 1.54) is 37.8 Å². The number of likely N-dealkylation sites (tertiary alicyclic amines) is 1. The molecule has 4 nitrogen and oxygen atoms in total. The monoisotopic (exact) mass is 236 g/mol. The van der Waals surface area contributed by atoms with Gasteiger partial charge in [-0.15, -0.1) is 0 Å². The molecule has 1 saturated heterocycles. The molecule has 2 heterocycles. The summed E-state index contributed by atoms with van der Waals surface area (Å²) in [6, 6.07) is 0.592. The van der Waals surface area contributed by atoms with Gasteiger partial charge in [0.2, 0.25) is 0 Å². The number of aryl methyl sites for hydroxylation is 1. The molecule has 1 unspecified atom stereocenters. The SMILES string of the molecule is Cn1cc(CCN2CCCCCC2CN)cn1. The Balaban J connectivity index is 1.87. The topological polar surface area (TPSA) is 47.1 Å². The minimum atomic E-state index is 0.592. The van der Waals surface area contributed by atoms with Crippen molar-refractivity contribution in [1.82, 2.24) is 14.7 Å². The highest BCUT2D eigenvalue weighted by atomic mass is 15.2. The average molecular weight is 236 g/mol. The summed E-state index contributed by atoms with van der Waals surface area (Å²) in [6.07, 6.45) is 10.5. The Labute approximate surface area is 104 Å². The Hall–Kier alpha value is -0.870. The van der Waals surface area contributed by atoms with Crippen LogP contribution >= 0.6 is 0 Å². The van der Waals surface area contributed by atoms with Crippen LogP contribution in [0.2, 0.25) is 0 Å². The number of hydrogen-bond donors (Lipinski definition) is 1. The molecule has 0 saturated carbocycles. The molecule has 1 aromatic heterocycles. The highest BCUT2D eigenvalue weighted by Crippen LogP contribution is 2.16. The number of nitrogens with zero attached hydrogens (tertiary/aromatic N) is 3. The molecule has 1 fully saturated rings. The van der Waals surface area contributed by atoms with E-state index in [4.69, 9.17) is 5.73 Å². The zero-order chi connectivity index (χ0) is 12.1. The van der Waals surface area contributed by atoms with E-state index in [0.717, 1.165) is 19.5 Å². The minimum absolute atomic E-state index is 0.592. The molecule has 2 N–H and O–H groups in total. The second-order valence-electron chi connectivity index (χ2n) is 5.05. The van der Waals surface area contributed by atoms with Gasteiger partial charge in [0.25, 0.3) is 0 Å². The van der Waals surface area contributed by atoms with Gasteiger partial charge in [0.1, 0.15) is 0 Å². The number of hydrogen-bond acceptors (Lipinski definition) is 3. The van der Waals surface area contributed by atoms with Crippen molar-refractivity contribution in [2.24, 2.45) is 12.8 Å². The first kappa shape index (κ1) is 12.6. The second-order valence-corrected chi connectivity index (χ2v) is 5.05. The summed E-state index contributed by atoms with van der Waals surface area (Å²) in [5, 5.41) is 4.21. The fraction of sp³-hybridized carbons (Fsp3) is 0.769. The van der Waals surface area contributed by atoms with Crippen molar-refractivity contribution < 1.29 is 0 Å². The fourth-order valence-corrected chi connectivity index (χ4v) is 2.67. The standard InChI is InChI=1S/C13H24N4/c1-16-11-12(10-15-16)6-8-17-7-4-2-3-5-13(17)9-14/h10-11,13H,2-9,14H2,1H3. The molecular weight excluding hydrogens is 212 g/mol. The molecule has 17 heavy (non-hydrogen) atoms. The van der Waals surface area contributed by atoms with Crippen molar-refractivity contribution in [3.05, 3.63) is 18.0 Å². The van der Waals surface area contributed by atoms with Crippen LogP contribution in [0.4, 0.5) is 0 Å². The smallest absolute Gasteiger partial charge is 0.0522 e. The van der Waals surface area contributed by atoms with E-state index < -0.39 is 0 Å². The summed E-state index contributed by atoms with van der Waals surface area (Å²) in [6.45, 7) is 3.13. The van der Waals surface area contributed by atoms with Crippen LogP contribution in [0, 0.1) is 0 Å². The van der Waals surface area contributed by atoms with Gasteiger partial charge < -0.3 is 5.73 Å². The molecule has 0 radical (unpaired) electrons. The molecule has 4 heteroatoms. The Morgan fingerprint density at radius 2 is 2.29 bits per heavy atom. The second kappa shape index (κ2) is 6.17. The average Bonchev–Trinajstić information content (AvgIpc) is 2.63. The summed E-state index contributed by atoms with van der Waals surface area (Å²) in [5.74, 6) is 0. The molecule has 0 aliphatic carbocycles. The van der Waals surface area contributed by atoms with Gasteiger partial charge >= 0.3 is 0 Å². The molecule has 1 atom stereocenters. The Morgan fingerprint density at radius 1 is 1.41 bits per heavy atom. The first-order chi connectivity index (χ1) is 8.29. The fourth-order valence-electron chi connectivity index (χ4n) is 2.67. The zero-order valence-electron chi connectivity index (χ0n) is 10.8. The molecule has 0 aromatic carbocycles. The van der Waals surface area contributed by atoms with Crippen LogP contribution in [-0.4, -0.2) is 40.4 Å². The van der Waals surface area contributed by atoms with E-state index >= 15 is 0 Å². The molecule has 1 aromatic rings. The predicted molar refractivity (Wildman–Crippen MR) is 69.8 cm³/mol. The highest BCUT2D eigenvalue weighted by Gasteiger charge is 2.19. The van der Waals surface area contributed by atoms with E-state index in [1.807, 2.05) is 17.9 Å². The molecule has 1 aliphatic rings. The summed E-state index contributed by atoms with van der Waals surface area (Å²) >= 11 is 0. The van der Waals surface area contributed by atoms with E-state index in [2.05, 4.69) is 16.2 Å². The lowest BCUT2D eigenvalue weighted by Crippen LogP contribution is -2.41. The van der Waals surface area contributed by atoms with Gasteiger partial charge in [0, 0.05) is 32.4 Å². The molecular formula is C13H24N4. The van der Waals surface area contributed by atoms with Gasteiger partial charge in [0.15, 0.2) is 0 Å². The minimum Gasteiger partial charge on any atom is -0.329 e. The van der Waals surface area contributed by atoms with Gasteiger partial charge in [-0.05, 0) is 31.4 Å². The number of aromatic nitrogens is 2. The van der Waals surface area contributed by atoms with Crippen molar-refractivity contribution in [1.29, 1.82) is 0 Å². The van der Waals surface area contributed by atoms with Crippen molar-refractivity contribution in [2.75, 3.05) is 19.6 Å². The first-order valence-corrected chi connectivity index (χ1v) is 6.71. The third-order valence-electron chi connectivity index (χ3n) is 3.72. The van der Waals surface area contributed by atoms with Gasteiger partial charge in [-0.1, -0.05) is 12.8 Å². The maximum Gasteiger partial charge on any atom is 0.0522 e. The van der Waals surface area contributed by atoms with E-state index in [9.17, 15) is 0 Å². The van der Waals surface area contributed by atoms with Crippen molar-refractivity contribution in [2.45, 2.75) is 38.1 Å². The molecule has 0 amide bonds.